The lowest BCUT2D eigenvalue weighted by molar-refractivity contribution is 0.357. The van der Waals surface area contributed by atoms with E-state index in [0.717, 1.165) is 12.8 Å². The van der Waals surface area contributed by atoms with Crippen molar-refractivity contribution in [3.63, 3.8) is 0 Å². The first-order valence-corrected chi connectivity index (χ1v) is 7.14. The molecule has 5 heteroatoms. The highest BCUT2D eigenvalue weighted by Crippen LogP contribution is 2.51. The maximum Gasteiger partial charge on any atom is 0.212 e. The molecule has 0 bridgehead atoms. The van der Waals surface area contributed by atoms with Gasteiger partial charge in [0.25, 0.3) is 0 Å². The van der Waals surface area contributed by atoms with Crippen molar-refractivity contribution in [3.05, 3.63) is 0 Å². The van der Waals surface area contributed by atoms with E-state index >= 15 is 0 Å². The summed E-state index contributed by atoms with van der Waals surface area (Å²) in [6, 6.07) is 0. The van der Waals surface area contributed by atoms with Crippen molar-refractivity contribution in [2.75, 3.05) is 18.2 Å². The van der Waals surface area contributed by atoms with Gasteiger partial charge in [-0.1, -0.05) is 13.8 Å². The number of nitrogens with one attached hydrogen (secondary N) is 1. The van der Waals surface area contributed by atoms with E-state index in [1.807, 2.05) is 0 Å². The topological polar surface area (TPSA) is 46.2 Å². The molecule has 84 valence electrons. The average molecular weight is 240 g/mol. The zero-order valence-electron chi connectivity index (χ0n) is 8.72. The molecule has 0 aromatic carbocycles. The maximum absolute atomic E-state index is 11.3. The van der Waals surface area contributed by atoms with Gasteiger partial charge in [0.15, 0.2) is 0 Å². The monoisotopic (exact) mass is 239 g/mol. The molecule has 0 aromatic heterocycles. The van der Waals surface area contributed by atoms with Gasteiger partial charge in [-0.25, -0.2) is 13.1 Å². The van der Waals surface area contributed by atoms with Crippen LogP contribution in [0.2, 0.25) is 0 Å². The summed E-state index contributed by atoms with van der Waals surface area (Å²) in [4.78, 5) is 0. The molecule has 1 saturated carbocycles. The van der Waals surface area contributed by atoms with E-state index < -0.39 is 10.0 Å². The van der Waals surface area contributed by atoms with E-state index in [9.17, 15) is 8.42 Å². The Balaban J connectivity index is 2.41. The highest BCUT2D eigenvalue weighted by atomic mass is 35.5. The average Bonchev–Trinajstić information content (AvgIpc) is 2.81. The summed E-state index contributed by atoms with van der Waals surface area (Å²) in [7, 11) is -3.14. The van der Waals surface area contributed by atoms with Crippen LogP contribution >= 0.6 is 11.6 Å². The quantitative estimate of drug-likeness (QED) is 0.716. The molecule has 0 atom stereocenters. The fourth-order valence-electron chi connectivity index (χ4n) is 1.55. The van der Waals surface area contributed by atoms with E-state index in [1.165, 1.54) is 0 Å². The van der Waals surface area contributed by atoms with E-state index in [0.29, 0.717) is 12.5 Å². The van der Waals surface area contributed by atoms with Crippen molar-refractivity contribution in [3.8, 4) is 0 Å². The Morgan fingerprint density at radius 1 is 1.43 bits per heavy atom. The zero-order chi connectivity index (χ0) is 10.8. The van der Waals surface area contributed by atoms with E-state index in [1.54, 1.807) is 0 Å². The van der Waals surface area contributed by atoms with Crippen LogP contribution in [0.3, 0.4) is 0 Å². The smallest absolute Gasteiger partial charge is 0.212 e. The lowest BCUT2D eigenvalue weighted by Crippen LogP contribution is -2.34. The number of halogens is 1. The molecule has 0 radical (unpaired) electrons. The van der Waals surface area contributed by atoms with Gasteiger partial charge < -0.3 is 0 Å². The molecule has 0 unspecified atom stereocenters. The molecule has 0 aromatic rings. The van der Waals surface area contributed by atoms with Gasteiger partial charge in [0, 0.05) is 12.4 Å². The van der Waals surface area contributed by atoms with Gasteiger partial charge >= 0.3 is 0 Å². The highest BCUT2D eigenvalue weighted by Gasteiger charge is 2.45. The van der Waals surface area contributed by atoms with Crippen LogP contribution in [0.1, 0.15) is 26.7 Å². The molecular weight excluding hydrogens is 222 g/mol. The molecule has 0 aliphatic heterocycles. The maximum atomic E-state index is 11.3. The zero-order valence-corrected chi connectivity index (χ0v) is 10.3. The Morgan fingerprint density at radius 3 is 2.36 bits per heavy atom. The Bertz CT molecular complexity index is 283. The fourth-order valence-corrected chi connectivity index (χ4v) is 3.01. The molecule has 3 nitrogen and oxygen atoms in total. The Labute approximate surface area is 91.3 Å². The van der Waals surface area contributed by atoms with E-state index in [4.69, 9.17) is 11.6 Å². The minimum absolute atomic E-state index is 0.0166. The summed E-state index contributed by atoms with van der Waals surface area (Å²) in [5.74, 6) is 0.716. The SMILES string of the molecule is CC(C)C1(CNS(=O)(=O)CCCl)CC1. The fraction of sp³-hybridized carbons (Fsp3) is 1.00. The van der Waals surface area contributed by atoms with Gasteiger partial charge in [-0.15, -0.1) is 11.6 Å². The van der Waals surface area contributed by atoms with Gasteiger partial charge in [-0.2, -0.15) is 0 Å². The van der Waals surface area contributed by atoms with Crippen LogP contribution < -0.4 is 4.72 Å². The van der Waals surface area contributed by atoms with Crippen LogP contribution in [0, 0.1) is 11.3 Å². The van der Waals surface area contributed by atoms with Gasteiger partial charge in [0.2, 0.25) is 10.0 Å². The molecule has 0 saturated heterocycles. The molecule has 1 N–H and O–H groups in total. The Hall–Kier alpha value is 0.200. The molecule has 0 spiro atoms. The van der Waals surface area contributed by atoms with Crippen molar-refractivity contribution in [2.45, 2.75) is 26.7 Å². The third-order valence-electron chi connectivity index (χ3n) is 3.11. The third-order valence-corrected chi connectivity index (χ3v) is 4.85. The molecule has 1 aliphatic rings. The number of hydrogen-bond acceptors (Lipinski definition) is 2. The lowest BCUT2D eigenvalue weighted by Gasteiger charge is -2.19. The lowest BCUT2D eigenvalue weighted by atomic mass is 9.93. The largest absolute Gasteiger partial charge is 0.215 e. The minimum atomic E-state index is -3.14. The summed E-state index contributed by atoms with van der Waals surface area (Å²) < 4.78 is 25.3. The van der Waals surface area contributed by atoms with E-state index in [-0.39, 0.29) is 17.0 Å². The molecule has 1 rings (SSSR count). The third kappa shape index (κ3) is 3.11. The molecule has 0 amide bonds. The van der Waals surface area contributed by atoms with Crippen LogP contribution in [-0.4, -0.2) is 26.6 Å². The number of rotatable bonds is 6. The second kappa shape index (κ2) is 4.37. The molecule has 14 heavy (non-hydrogen) atoms. The summed E-state index contributed by atoms with van der Waals surface area (Å²) >= 11 is 5.40. The molecule has 0 heterocycles. The summed E-state index contributed by atoms with van der Waals surface area (Å²) in [5.41, 5.74) is 0.222. The summed E-state index contributed by atoms with van der Waals surface area (Å²) in [6.07, 6.45) is 2.27. The first kappa shape index (κ1) is 12.3. The molecule has 1 aliphatic carbocycles. The van der Waals surface area contributed by atoms with Crippen molar-refractivity contribution in [1.82, 2.24) is 4.72 Å². The van der Waals surface area contributed by atoms with Crippen molar-refractivity contribution < 1.29 is 8.42 Å². The van der Waals surface area contributed by atoms with Gasteiger partial charge in [-0.3, -0.25) is 0 Å². The minimum Gasteiger partial charge on any atom is -0.215 e. The van der Waals surface area contributed by atoms with Crippen molar-refractivity contribution >= 4 is 21.6 Å². The Kier molecular flexibility index (Phi) is 3.83. The Morgan fingerprint density at radius 2 is 2.00 bits per heavy atom. The standard InChI is InChI=1S/C9H18ClNO2S/c1-8(2)9(3-4-9)7-11-14(12,13)6-5-10/h8,11H,3-7H2,1-2H3. The van der Waals surface area contributed by atoms with Gasteiger partial charge in [0.1, 0.15) is 0 Å². The van der Waals surface area contributed by atoms with Crippen molar-refractivity contribution in [1.29, 1.82) is 0 Å². The van der Waals surface area contributed by atoms with Crippen LogP contribution in [0.15, 0.2) is 0 Å². The predicted molar refractivity (Wildman–Crippen MR) is 59.0 cm³/mol. The van der Waals surface area contributed by atoms with Crippen LogP contribution in [0.4, 0.5) is 0 Å². The van der Waals surface area contributed by atoms with Crippen molar-refractivity contribution in [2.24, 2.45) is 11.3 Å². The van der Waals surface area contributed by atoms with Crippen LogP contribution in [0.5, 0.6) is 0 Å². The summed E-state index contributed by atoms with van der Waals surface area (Å²) in [5, 5.41) is 0. The number of hydrogen-bond donors (Lipinski definition) is 1. The summed E-state index contributed by atoms with van der Waals surface area (Å²) in [6.45, 7) is 4.86. The highest BCUT2D eigenvalue weighted by molar-refractivity contribution is 7.89. The normalized spacial score (nSPS) is 20.0. The molecule has 1 fully saturated rings. The van der Waals surface area contributed by atoms with Gasteiger partial charge in [0.05, 0.1) is 5.75 Å². The van der Waals surface area contributed by atoms with Gasteiger partial charge in [-0.05, 0) is 24.2 Å². The molecular formula is C9H18ClNO2S. The first-order valence-electron chi connectivity index (χ1n) is 4.95. The number of alkyl halides is 1. The first-order chi connectivity index (χ1) is 6.42. The predicted octanol–water partition coefficient (Wildman–Crippen LogP) is 1.58. The number of sulfonamides is 1. The van der Waals surface area contributed by atoms with E-state index in [2.05, 4.69) is 18.6 Å². The second-order valence-corrected chi connectivity index (χ2v) is 6.65. The van der Waals surface area contributed by atoms with Crippen LogP contribution in [0.25, 0.3) is 0 Å². The van der Waals surface area contributed by atoms with Crippen LogP contribution in [-0.2, 0) is 10.0 Å². The second-order valence-electron chi connectivity index (χ2n) is 4.35.